The van der Waals surface area contributed by atoms with Gasteiger partial charge in [0.05, 0.1) is 5.41 Å². The lowest BCUT2D eigenvalue weighted by Gasteiger charge is -2.33. The molecule has 1 aliphatic rings. The highest BCUT2D eigenvalue weighted by atomic mass is 32.2. The van der Waals surface area contributed by atoms with Gasteiger partial charge in [-0.1, -0.05) is 12.1 Å². The Morgan fingerprint density at radius 3 is 2.65 bits per heavy atom. The van der Waals surface area contributed by atoms with E-state index in [1.165, 1.54) is 17.8 Å². The summed E-state index contributed by atoms with van der Waals surface area (Å²) in [5.74, 6) is -0.983. The molecule has 7 heteroatoms. The molecule has 1 aliphatic heterocycles. The number of amides is 1. The van der Waals surface area contributed by atoms with Crippen LogP contribution in [0.3, 0.4) is 0 Å². The van der Waals surface area contributed by atoms with Gasteiger partial charge in [0.15, 0.2) is 0 Å². The third-order valence-corrected chi connectivity index (χ3v) is 5.00. The van der Waals surface area contributed by atoms with E-state index in [-0.39, 0.29) is 24.7 Å². The highest BCUT2D eigenvalue weighted by molar-refractivity contribution is 7.99. The zero-order valence-electron chi connectivity index (χ0n) is 12.7. The van der Waals surface area contributed by atoms with Crippen LogP contribution in [-0.2, 0) is 14.3 Å². The molecule has 0 aromatic heterocycles. The molecule has 0 atom stereocenters. The van der Waals surface area contributed by atoms with Crippen LogP contribution in [0.5, 0.6) is 0 Å². The number of carbonyl (C=O) groups excluding carboxylic acids is 1. The van der Waals surface area contributed by atoms with Crippen molar-refractivity contribution in [2.45, 2.75) is 24.2 Å². The van der Waals surface area contributed by atoms with Gasteiger partial charge < -0.3 is 15.2 Å². The maximum atomic E-state index is 13.4. The van der Waals surface area contributed by atoms with Crippen LogP contribution in [0.1, 0.15) is 19.3 Å². The van der Waals surface area contributed by atoms with Gasteiger partial charge >= 0.3 is 5.97 Å². The van der Waals surface area contributed by atoms with Gasteiger partial charge in [-0.15, -0.1) is 11.8 Å². The first-order valence-corrected chi connectivity index (χ1v) is 8.47. The van der Waals surface area contributed by atoms with Crippen LogP contribution in [0, 0.1) is 11.2 Å². The molecule has 1 heterocycles. The van der Waals surface area contributed by atoms with Gasteiger partial charge in [0.1, 0.15) is 5.82 Å². The number of hydrogen-bond acceptors (Lipinski definition) is 4. The van der Waals surface area contributed by atoms with Crippen LogP contribution in [0.4, 0.5) is 4.39 Å². The maximum Gasteiger partial charge on any atom is 0.311 e. The van der Waals surface area contributed by atoms with Gasteiger partial charge in [-0.05, 0) is 25.0 Å². The highest BCUT2D eigenvalue weighted by Crippen LogP contribution is 2.30. The molecule has 1 amide bonds. The van der Waals surface area contributed by atoms with Gasteiger partial charge in [0.2, 0.25) is 5.91 Å². The SMILES string of the molecule is O=C(CCSc1ccccc1F)NCC1(C(=O)O)CCOCC1. The summed E-state index contributed by atoms with van der Waals surface area (Å²) in [5, 5.41) is 12.1. The number of carboxylic acids is 1. The fourth-order valence-electron chi connectivity index (χ4n) is 2.40. The summed E-state index contributed by atoms with van der Waals surface area (Å²) in [4.78, 5) is 23.9. The van der Waals surface area contributed by atoms with Crippen LogP contribution in [0.2, 0.25) is 0 Å². The number of aliphatic carboxylic acids is 1. The number of nitrogens with one attached hydrogen (secondary N) is 1. The number of carbonyl (C=O) groups is 2. The monoisotopic (exact) mass is 341 g/mol. The lowest BCUT2D eigenvalue weighted by molar-refractivity contribution is -0.154. The lowest BCUT2D eigenvalue weighted by Crippen LogP contribution is -2.46. The molecule has 0 unspecified atom stereocenters. The van der Waals surface area contributed by atoms with E-state index in [9.17, 15) is 19.1 Å². The summed E-state index contributed by atoms with van der Waals surface area (Å²) in [5.41, 5.74) is -0.938. The molecular weight excluding hydrogens is 321 g/mol. The molecule has 1 fully saturated rings. The van der Waals surface area contributed by atoms with Crippen molar-refractivity contribution in [3.05, 3.63) is 30.1 Å². The maximum absolute atomic E-state index is 13.4. The van der Waals surface area contributed by atoms with Crippen molar-refractivity contribution in [2.75, 3.05) is 25.5 Å². The molecule has 23 heavy (non-hydrogen) atoms. The lowest BCUT2D eigenvalue weighted by atomic mass is 9.80. The van der Waals surface area contributed by atoms with Gasteiger partial charge in [0, 0.05) is 36.8 Å². The smallest absolute Gasteiger partial charge is 0.311 e. The molecule has 0 saturated carbocycles. The van der Waals surface area contributed by atoms with Crippen LogP contribution < -0.4 is 5.32 Å². The normalized spacial score (nSPS) is 16.7. The van der Waals surface area contributed by atoms with Crippen LogP contribution in [-0.4, -0.2) is 42.5 Å². The zero-order chi connectivity index (χ0) is 16.7. The molecule has 1 aromatic carbocycles. The Labute approximate surface area is 138 Å². The fourth-order valence-corrected chi connectivity index (χ4v) is 3.29. The Bertz CT molecular complexity index is 561. The van der Waals surface area contributed by atoms with Crippen molar-refractivity contribution >= 4 is 23.6 Å². The van der Waals surface area contributed by atoms with Crippen molar-refractivity contribution in [1.29, 1.82) is 0 Å². The summed E-state index contributed by atoms with van der Waals surface area (Å²) in [6.45, 7) is 0.894. The number of benzene rings is 1. The van der Waals surface area contributed by atoms with E-state index >= 15 is 0 Å². The number of hydrogen-bond donors (Lipinski definition) is 2. The molecule has 126 valence electrons. The molecule has 0 spiro atoms. The molecule has 0 bridgehead atoms. The van der Waals surface area contributed by atoms with Crippen molar-refractivity contribution in [2.24, 2.45) is 5.41 Å². The minimum atomic E-state index is -0.938. The first-order chi connectivity index (χ1) is 11.0. The highest BCUT2D eigenvalue weighted by Gasteiger charge is 2.40. The Balaban J connectivity index is 1.76. The van der Waals surface area contributed by atoms with E-state index in [2.05, 4.69) is 5.32 Å². The first kappa shape index (κ1) is 17.7. The van der Waals surface area contributed by atoms with Crippen molar-refractivity contribution in [1.82, 2.24) is 5.32 Å². The molecule has 1 saturated heterocycles. The largest absolute Gasteiger partial charge is 0.481 e. The van der Waals surface area contributed by atoms with E-state index in [4.69, 9.17) is 4.74 Å². The summed E-state index contributed by atoms with van der Waals surface area (Å²) >= 11 is 1.27. The van der Waals surface area contributed by atoms with Gasteiger partial charge in [-0.3, -0.25) is 9.59 Å². The Morgan fingerprint density at radius 2 is 2.00 bits per heavy atom. The molecule has 2 rings (SSSR count). The van der Waals surface area contributed by atoms with E-state index in [1.54, 1.807) is 18.2 Å². The predicted octanol–water partition coefficient (Wildman–Crippen LogP) is 2.31. The minimum absolute atomic E-state index is 0.106. The van der Waals surface area contributed by atoms with Gasteiger partial charge in [-0.25, -0.2) is 4.39 Å². The van der Waals surface area contributed by atoms with Crippen molar-refractivity contribution in [3.8, 4) is 0 Å². The second-order valence-electron chi connectivity index (χ2n) is 5.50. The third-order valence-electron chi connectivity index (χ3n) is 3.95. The molecule has 1 aromatic rings. The molecule has 0 aliphatic carbocycles. The quantitative estimate of drug-likeness (QED) is 0.745. The van der Waals surface area contributed by atoms with Crippen molar-refractivity contribution < 1.29 is 23.8 Å². The number of carboxylic acid groups (broad SMARTS) is 1. The minimum Gasteiger partial charge on any atom is -0.481 e. The number of rotatable bonds is 7. The topological polar surface area (TPSA) is 75.6 Å². The summed E-state index contributed by atoms with van der Waals surface area (Å²) in [7, 11) is 0. The van der Waals surface area contributed by atoms with Crippen molar-refractivity contribution in [3.63, 3.8) is 0 Å². The predicted molar refractivity (Wildman–Crippen MR) is 84.9 cm³/mol. The second kappa shape index (κ2) is 8.31. The number of ether oxygens (including phenoxy) is 1. The van der Waals surface area contributed by atoms with Gasteiger partial charge in [-0.2, -0.15) is 0 Å². The standard InChI is InChI=1S/C16H20FNO4S/c17-12-3-1-2-4-13(12)23-10-5-14(19)18-11-16(15(20)21)6-8-22-9-7-16/h1-4H,5-11H2,(H,18,19)(H,20,21). The van der Waals surface area contributed by atoms with E-state index in [0.717, 1.165) is 0 Å². The van der Waals surface area contributed by atoms with E-state index in [1.807, 2.05) is 0 Å². The van der Waals surface area contributed by atoms with E-state index < -0.39 is 11.4 Å². The molecule has 0 radical (unpaired) electrons. The van der Waals surface area contributed by atoms with Crippen LogP contribution in [0.15, 0.2) is 29.2 Å². The Morgan fingerprint density at radius 1 is 1.30 bits per heavy atom. The molecule has 2 N–H and O–H groups in total. The van der Waals surface area contributed by atoms with E-state index in [0.29, 0.717) is 36.7 Å². The van der Waals surface area contributed by atoms with Crippen LogP contribution in [0.25, 0.3) is 0 Å². The number of halogens is 1. The molecule has 5 nitrogen and oxygen atoms in total. The number of thioether (sulfide) groups is 1. The average Bonchev–Trinajstić information content (AvgIpc) is 2.55. The molecular formula is C16H20FNO4S. The third kappa shape index (κ3) is 4.94. The average molecular weight is 341 g/mol. The first-order valence-electron chi connectivity index (χ1n) is 7.49. The summed E-state index contributed by atoms with van der Waals surface area (Å²) < 4.78 is 18.6. The summed E-state index contributed by atoms with van der Waals surface area (Å²) in [6.07, 6.45) is 1.00. The fraction of sp³-hybridized carbons (Fsp3) is 0.500. The van der Waals surface area contributed by atoms with Gasteiger partial charge in [0.25, 0.3) is 0 Å². The van der Waals surface area contributed by atoms with Crippen LogP contribution >= 0.6 is 11.8 Å². The summed E-state index contributed by atoms with van der Waals surface area (Å²) in [6, 6.07) is 6.40. The Kier molecular flexibility index (Phi) is 6.41. The second-order valence-corrected chi connectivity index (χ2v) is 6.64. The Hall–Kier alpha value is -1.60. The zero-order valence-corrected chi connectivity index (χ0v) is 13.5.